The molecule has 6 nitrogen and oxygen atoms in total. The lowest BCUT2D eigenvalue weighted by Gasteiger charge is -2.32. The summed E-state index contributed by atoms with van der Waals surface area (Å²) in [6, 6.07) is 0.445. The van der Waals surface area contributed by atoms with Crippen molar-refractivity contribution in [3.8, 4) is 0 Å². The maximum absolute atomic E-state index is 12.0. The molecule has 1 fully saturated rings. The van der Waals surface area contributed by atoms with E-state index in [9.17, 15) is 4.79 Å². The van der Waals surface area contributed by atoms with E-state index in [2.05, 4.69) is 27.3 Å². The summed E-state index contributed by atoms with van der Waals surface area (Å²) in [5.74, 6) is 0.158. The zero-order valence-corrected chi connectivity index (χ0v) is 14.7. The second-order valence-corrected chi connectivity index (χ2v) is 6.40. The molecule has 2 rings (SSSR count). The third kappa shape index (κ3) is 5.62. The third-order valence-electron chi connectivity index (χ3n) is 4.66. The Kier molecular flexibility index (Phi) is 7.05. The van der Waals surface area contributed by atoms with E-state index < -0.39 is 0 Å². The fraction of sp³-hybridized carbons (Fsp3) is 0.765. The number of aromatic nitrogens is 2. The Balaban J connectivity index is 1.58. The number of carbonyl (C=O) groups is 1. The van der Waals surface area contributed by atoms with E-state index in [-0.39, 0.29) is 5.91 Å². The number of nitrogens with zero attached hydrogens (tertiary/aromatic N) is 2. The molecule has 1 aromatic rings. The van der Waals surface area contributed by atoms with Gasteiger partial charge in [0, 0.05) is 37.8 Å². The van der Waals surface area contributed by atoms with Gasteiger partial charge < -0.3 is 10.1 Å². The first-order valence-electron chi connectivity index (χ1n) is 8.67. The molecule has 0 bridgehead atoms. The highest BCUT2D eigenvalue weighted by atomic mass is 16.5. The van der Waals surface area contributed by atoms with Gasteiger partial charge in [-0.3, -0.25) is 14.8 Å². The van der Waals surface area contributed by atoms with Crippen molar-refractivity contribution in [3.05, 3.63) is 17.0 Å². The van der Waals surface area contributed by atoms with Crippen LogP contribution in [0, 0.1) is 13.8 Å². The molecular weight excluding hydrogens is 292 g/mol. The number of ether oxygens (including phenoxy) is 1. The van der Waals surface area contributed by atoms with E-state index >= 15 is 0 Å². The summed E-state index contributed by atoms with van der Waals surface area (Å²) in [6.07, 6.45) is 3.42. The molecule has 1 saturated heterocycles. The van der Waals surface area contributed by atoms with Crippen molar-refractivity contribution in [1.82, 2.24) is 20.4 Å². The molecule has 23 heavy (non-hydrogen) atoms. The lowest BCUT2D eigenvalue weighted by Crippen LogP contribution is -2.42. The van der Waals surface area contributed by atoms with Crippen LogP contribution >= 0.6 is 0 Å². The zero-order chi connectivity index (χ0) is 16.7. The Bertz CT molecular complexity index is 475. The summed E-state index contributed by atoms with van der Waals surface area (Å²) in [5, 5.41) is 10.2. The van der Waals surface area contributed by atoms with Gasteiger partial charge in [-0.2, -0.15) is 5.10 Å². The molecular formula is C17H30N4O2. The van der Waals surface area contributed by atoms with E-state index in [1.807, 2.05) is 13.8 Å². The molecule has 1 aliphatic rings. The minimum Gasteiger partial charge on any atom is -0.379 e. The summed E-state index contributed by atoms with van der Waals surface area (Å²) in [6.45, 7) is 10.6. The minimum atomic E-state index is 0.158. The van der Waals surface area contributed by atoms with E-state index in [4.69, 9.17) is 4.74 Å². The van der Waals surface area contributed by atoms with Crippen LogP contribution in [0.3, 0.4) is 0 Å². The Hall–Kier alpha value is -1.40. The van der Waals surface area contributed by atoms with Gasteiger partial charge >= 0.3 is 0 Å². The van der Waals surface area contributed by atoms with Crippen LogP contribution in [-0.2, 0) is 16.0 Å². The largest absolute Gasteiger partial charge is 0.379 e. The average Bonchev–Trinajstić information content (AvgIpc) is 2.89. The van der Waals surface area contributed by atoms with Crippen molar-refractivity contribution < 1.29 is 9.53 Å². The van der Waals surface area contributed by atoms with E-state index in [1.165, 1.54) is 5.56 Å². The number of hydrogen-bond acceptors (Lipinski definition) is 4. The van der Waals surface area contributed by atoms with Gasteiger partial charge in [-0.25, -0.2) is 0 Å². The fourth-order valence-corrected chi connectivity index (χ4v) is 3.06. The lowest BCUT2D eigenvalue weighted by molar-refractivity contribution is -0.121. The van der Waals surface area contributed by atoms with Gasteiger partial charge in [0.25, 0.3) is 0 Å². The van der Waals surface area contributed by atoms with Crippen LogP contribution in [0.2, 0.25) is 0 Å². The molecule has 1 aliphatic heterocycles. The molecule has 0 aliphatic carbocycles. The summed E-state index contributed by atoms with van der Waals surface area (Å²) in [4.78, 5) is 14.4. The average molecular weight is 322 g/mol. The Labute approximate surface area is 139 Å². The molecule has 2 N–H and O–H groups in total. The molecule has 1 atom stereocenters. The van der Waals surface area contributed by atoms with Gasteiger partial charge in [-0.15, -0.1) is 0 Å². The predicted molar refractivity (Wildman–Crippen MR) is 90.5 cm³/mol. The Morgan fingerprint density at radius 1 is 1.39 bits per heavy atom. The number of morpholine rings is 1. The molecule has 0 spiro atoms. The standard InChI is InChI=1S/C17H30N4O2/c1-13(21-9-11-23-12-10-21)6-7-17(22)18-8-4-5-16-14(2)19-20-15(16)3/h13H,4-12H2,1-3H3,(H,18,22)(H,19,20)/t13-/m1/s1. The summed E-state index contributed by atoms with van der Waals surface area (Å²) < 4.78 is 5.36. The number of hydrogen-bond donors (Lipinski definition) is 2. The summed E-state index contributed by atoms with van der Waals surface area (Å²) in [7, 11) is 0. The molecule has 0 unspecified atom stereocenters. The van der Waals surface area contributed by atoms with Gasteiger partial charge in [0.2, 0.25) is 5.91 Å². The first-order valence-corrected chi connectivity index (χ1v) is 8.67. The molecule has 0 aromatic carbocycles. The number of nitrogens with one attached hydrogen (secondary N) is 2. The number of aromatic amines is 1. The predicted octanol–water partition coefficient (Wildman–Crippen LogP) is 1.58. The lowest BCUT2D eigenvalue weighted by atomic mass is 10.1. The quantitative estimate of drug-likeness (QED) is 0.713. The minimum absolute atomic E-state index is 0.158. The first-order chi connectivity index (χ1) is 11.1. The topological polar surface area (TPSA) is 70.2 Å². The van der Waals surface area contributed by atoms with Crippen molar-refractivity contribution in [2.45, 2.75) is 52.5 Å². The number of carbonyl (C=O) groups excluding carboxylic acids is 1. The SMILES string of the molecule is Cc1n[nH]c(C)c1CCCNC(=O)CC[C@@H](C)N1CCOCC1. The Morgan fingerprint density at radius 3 is 2.78 bits per heavy atom. The zero-order valence-electron chi connectivity index (χ0n) is 14.7. The van der Waals surface area contributed by atoms with Crippen LogP contribution in [0.4, 0.5) is 0 Å². The van der Waals surface area contributed by atoms with Gasteiger partial charge in [0.05, 0.1) is 18.9 Å². The van der Waals surface area contributed by atoms with Crippen LogP contribution in [0.15, 0.2) is 0 Å². The second kappa shape index (κ2) is 9.03. The van der Waals surface area contributed by atoms with Crippen LogP contribution in [-0.4, -0.2) is 59.9 Å². The van der Waals surface area contributed by atoms with Crippen molar-refractivity contribution in [3.63, 3.8) is 0 Å². The van der Waals surface area contributed by atoms with E-state index in [0.717, 1.165) is 63.5 Å². The maximum Gasteiger partial charge on any atom is 0.220 e. The van der Waals surface area contributed by atoms with Gasteiger partial charge in [0.15, 0.2) is 0 Å². The maximum atomic E-state index is 12.0. The molecule has 130 valence electrons. The van der Waals surface area contributed by atoms with Gasteiger partial charge in [-0.05, 0) is 45.6 Å². The van der Waals surface area contributed by atoms with Crippen LogP contribution < -0.4 is 5.32 Å². The number of aryl methyl sites for hydroxylation is 2. The molecule has 1 aromatic heterocycles. The van der Waals surface area contributed by atoms with E-state index in [1.54, 1.807) is 0 Å². The van der Waals surface area contributed by atoms with Gasteiger partial charge in [0.1, 0.15) is 0 Å². The highest BCUT2D eigenvalue weighted by Crippen LogP contribution is 2.11. The number of amides is 1. The van der Waals surface area contributed by atoms with Crippen LogP contribution in [0.25, 0.3) is 0 Å². The number of H-pyrrole nitrogens is 1. The summed E-state index contributed by atoms with van der Waals surface area (Å²) >= 11 is 0. The molecule has 6 heteroatoms. The van der Waals surface area contributed by atoms with Crippen LogP contribution in [0.1, 0.15) is 43.1 Å². The normalized spacial score (nSPS) is 17.2. The Morgan fingerprint density at radius 2 is 2.13 bits per heavy atom. The second-order valence-electron chi connectivity index (χ2n) is 6.40. The molecule has 0 radical (unpaired) electrons. The highest BCUT2D eigenvalue weighted by Gasteiger charge is 2.17. The third-order valence-corrected chi connectivity index (χ3v) is 4.66. The van der Waals surface area contributed by atoms with Crippen LogP contribution in [0.5, 0.6) is 0 Å². The first kappa shape index (κ1) is 17.9. The molecule has 2 heterocycles. The van der Waals surface area contributed by atoms with Crippen molar-refractivity contribution in [2.75, 3.05) is 32.8 Å². The fourth-order valence-electron chi connectivity index (χ4n) is 3.06. The van der Waals surface area contributed by atoms with Gasteiger partial charge in [-0.1, -0.05) is 0 Å². The smallest absolute Gasteiger partial charge is 0.220 e. The van der Waals surface area contributed by atoms with Crippen molar-refractivity contribution in [1.29, 1.82) is 0 Å². The number of rotatable bonds is 8. The van der Waals surface area contributed by atoms with Crippen molar-refractivity contribution >= 4 is 5.91 Å². The molecule has 1 amide bonds. The van der Waals surface area contributed by atoms with Crippen molar-refractivity contribution in [2.24, 2.45) is 0 Å². The highest BCUT2D eigenvalue weighted by molar-refractivity contribution is 5.75. The van der Waals surface area contributed by atoms with E-state index in [0.29, 0.717) is 12.5 Å². The monoisotopic (exact) mass is 322 g/mol. The molecule has 0 saturated carbocycles. The summed E-state index contributed by atoms with van der Waals surface area (Å²) in [5.41, 5.74) is 3.47.